The second-order valence-corrected chi connectivity index (χ2v) is 8.16. The number of anilines is 1. The van der Waals surface area contributed by atoms with Gasteiger partial charge in [0.2, 0.25) is 10.0 Å². The Labute approximate surface area is 155 Å². The largest absolute Gasteiger partial charge is 0.480 e. The number of rotatable bonds is 5. The van der Waals surface area contributed by atoms with Gasteiger partial charge in [0.25, 0.3) is 5.91 Å². The molecular weight excluding hydrogens is 408 g/mol. The topological polar surface area (TPSA) is 98.5 Å². The first kappa shape index (κ1) is 19.4. The van der Waals surface area contributed by atoms with Gasteiger partial charge in [-0.3, -0.25) is 4.79 Å². The van der Waals surface area contributed by atoms with E-state index in [4.69, 9.17) is 9.88 Å². The van der Waals surface area contributed by atoms with Crippen molar-refractivity contribution in [3.63, 3.8) is 0 Å². The predicted octanol–water partition coefficient (Wildman–Crippen LogP) is 3.12. The van der Waals surface area contributed by atoms with Crippen molar-refractivity contribution in [3.8, 4) is 5.75 Å². The van der Waals surface area contributed by atoms with E-state index >= 15 is 0 Å². The number of hydrogen-bond donors (Lipinski definition) is 2. The molecule has 2 rings (SSSR count). The lowest BCUT2D eigenvalue weighted by Gasteiger charge is -2.18. The van der Waals surface area contributed by atoms with E-state index in [0.29, 0.717) is 11.4 Å². The van der Waals surface area contributed by atoms with Gasteiger partial charge in [-0.15, -0.1) is 0 Å². The van der Waals surface area contributed by atoms with Crippen LogP contribution in [-0.2, 0) is 14.8 Å². The summed E-state index contributed by atoms with van der Waals surface area (Å²) in [6, 6.07) is 9.44. The van der Waals surface area contributed by atoms with Crippen molar-refractivity contribution in [2.24, 2.45) is 5.14 Å². The van der Waals surface area contributed by atoms with Crippen molar-refractivity contribution < 1.29 is 17.9 Å². The summed E-state index contributed by atoms with van der Waals surface area (Å²) in [5, 5.41) is 7.72. The molecule has 0 aliphatic carbocycles. The summed E-state index contributed by atoms with van der Waals surface area (Å²) in [5.41, 5.74) is 2.30. The predicted molar refractivity (Wildman–Crippen MR) is 100 cm³/mol. The fourth-order valence-corrected chi connectivity index (χ4v) is 3.49. The molecule has 2 aromatic rings. The fourth-order valence-electron chi connectivity index (χ4n) is 2.29. The highest BCUT2D eigenvalue weighted by atomic mass is 79.9. The van der Waals surface area contributed by atoms with E-state index < -0.39 is 16.1 Å². The van der Waals surface area contributed by atoms with E-state index in [2.05, 4.69) is 21.2 Å². The summed E-state index contributed by atoms with van der Waals surface area (Å²) in [4.78, 5) is 12.3. The van der Waals surface area contributed by atoms with Gasteiger partial charge in [0.1, 0.15) is 5.75 Å². The highest BCUT2D eigenvalue weighted by molar-refractivity contribution is 9.10. The number of sulfonamides is 1. The first-order chi connectivity index (χ1) is 11.6. The van der Waals surface area contributed by atoms with Gasteiger partial charge in [-0.1, -0.05) is 15.9 Å². The van der Waals surface area contributed by atoms with Gasteiger partial charge in [0.05, 0.1) is 4.90 Å². The Morgan fingerprint density at radius 3 is 2.16 bits per heavy atom. The smallest absolute Gasteiger partial charge is 0.265 e. The molecule has 0 heterocycles. The number of benzene rings is 2. The molecular formula is C17H19BrN2O4S. The van der Waals surface area contributed by atoms with Crippen LogP contribution in [0.5, 0.6) is 5.75 Å². The Hall–Kier alpha value is -1.90. The first-order valence-electron chi connectivity index (χ1n) is 7.45. The van der Waals surface area contributed by atoms with Crippen LogP contribution < -0.4 is 15.2 Å². The molecule has 0 aromatic heterocycles. The molecule has 134 valence electrons. The van der Waals surface area contributed by atoms with E-state index in [1.165, 1.54) is 24.3 Å². The van der Waals surface area contributed by atoms with Crippen LogP contribution in [0.15, 0.2) is 45.8 Å². The van der Waals surface area contributed by atoms with Crippen LogP contribution in [-0.4, -0.2) is 20.4 Å². The third kappa shape index (κ3) is 5.04. The second-order valence-electron chi connectivity index (χ2n) is 5.69. The van der Waals surface area contributed by atoms with Crippen molar-refractivity contribution in [3.05, 3.63) is 52.0 Å². The Kier molecular flexibility index (Phi) is 5.87. The number of amides is 1. The van der Waals surface area contributed by atoms with E-state index in [1.807, 2.05) is 26.0 Å². The van der Waals surface area contributed by atoms with Gasteiger partial charge >= 0.3 is 0 Å². The molecule has 1 amide bonds. The summed E-state index contributed by atoms with van der Waals surface area (Å²) in [5.74, 6) is 0.320. The van der Waals surface area contributed by atoms with E-state index in [0.717, 1.165) is 15.6 Å². The van der Waals surface area contributed by atoms with Gasteiger partial charge < -0.3 is 10.1 Å². The zero-order chi connectivity index (χ0) is 18.8. The zero-order valence-corrected chi connectivity index (χ0v) is 16.4. The molecule has 1 atom stereocenters. The molecule has 0 radical (unpaired) electrons. The monoisotopic (exact) mass is 426 g/mol. The van der Waals surface area contributed by atoms with Gasteiger partial charge in [-0.2, -0.15) is 0 Å². The SMILES string of the molecule is Cc1cc(Br)cc(C)c1OC(C)C(=O)Nc1ccc(S(N)(=O)=O)cc1. The third-order valence-corrected chi connectivity index (χ3v) is 4.93. The zero-order valence-electron chi connectivity index (χ0n) is 14.0. The number of hydrogen-bond acceptors (Lipinski definition) is 4. The van der Waals surface area contributed by atoms with Crippen LogP contribution in [0.4, 0.5) is 5.69 Å². The highest BCUT2D eigenvalue weighted by Crippen LogP contribution is 2.28. The molecule has 25 heavy (non-hydrogen) atoms. The number of carbonyl (C=O) groups is 1. The molecule has 3 N–H and O–H groups in total. The van der Waals surface area contributed by atoms with Crippen molar-refractivity contribution in [2.45, 2.75) is 31.8 Å². The molecule has 1 unspecified atom stereocenters. The fraction of sp³-hybridized carbons (Fsp3) is 0.235. The average Bonchev–Trinajstić information content (AvgIpc) is 2.50. The molecule has 0 bridgehead atoms. The van der Waals surface area contributed by atoms with Crippen LogP contribution in [0.2, 0.25) is 0 Å². The number of nitrogens with two attached hydrogens (primary N) is 1. The van der Waals surface area contributed by atoms with Crippen LogP contribution >= 0.6 is 15.9 Å². The molecule has 0 saturated carbocycles. The summed E-state index contributed by atoms with van der Waals surface area (Å²) >= 11 is 3.42. The number of nitrogens with one attached hydrogen (secondary N) is 1. The van der Waals surface area contributed by atoms with Crippen LogP contribution in [0.25, 0.3) is 0 Å². The van der Waals surface area contributed by atoms with E-state index in [9.17, 15) is 13.2 Å². The van der Waals surface area contributed by atoms with Crippen molar-refractivity contribution in [1.82, 2.24) is 0 Å². The van der Waals surface area contributed by atoms with Crippen molar-refractivity contribution >= 4 is 37.5 Å². The maximum Gasteiger partial charge on any atom is 0.265 e. The standard InChI is InChI=1S/C17H19BrN2O4S/c1-10-8-13(18)9-11(2)16(10)24-12(3)17(21)20-14-4-6-15(7-5-14)25(19,22)23/h4-9,12H,1-3H3,(H,20,21)(H2,19,22,23). The minimum absolute atomic E-state index is 0.0177. The highest BCUT2D eigenvalue weighted by Gasteiger charge is 2.18. The minimum atomic E-state index is -3.76. The summed E-state index contributed by atoms with van der Waals surface area (Å²) in [6.45, 7) is 5.46. The molecule has 0 spiro atoms. The molecule has 2 aromatic carbocycles. The van der Waals surface area contributed by atoms with Crippen LogP contribution in [0.1, 0.15) is 18.1 Å². The van der Waals surface area contributed by atoms with Gasteiger partial charge in [-0.05, 0) is 68.3 Å². The van der Waals surface area contributed by atoms with Gasteiger partial charge in [0, 0.05) is 10.2 Å². The number of primary sulfonamides is 1. The quantitative estimate of drug-likeness (QED) is 0.766. The maximum absolute atomic E-state index is 12.3. The third-order valence-electron chi connectivity index (χ3n) is 3.54. The lowest BCUT2D eigenvalue weighted by molar-refractivity contribution is -0.122. The minimum Gasteiger partial charge on any atom is -0.480 e. The molecule has 0 aliphatic rings. The van der Waals surface area contributed by atoms with Gasteiger partial charge in [0.15, 0.2) is 6.10 Å². The normalized spacial score (nSPS) is 12.5. The first-order valence-corrected chi connectivity index (χ1v) is 9.79. The Balaban J connectivity index is 2.08. The average molecular weight is 427 g/mol. The molecule has 0 aliphatic heterocycles. The number of halogens is 1. The number of ether oxygens (including phenoxy) is 1. The van der Waals surface area contributed by atoms with Gasteiger partial charge in [-0.25, -0.2) is 13.6 Å². The molecule has 8 heteroatoms. The Morgan fingerprint density at radius 1 is 1.16 bits per heavy atom. The summed E-state index contributed by atoms with van der Waals surface area (Å²) < 4.78 is 29.2. The van der Waals surface area contributed by atoms with Crippen molar-refractivity contribution in [1.29, 1.82) is 0 Å². The van der Waals surface area contributed by atoms with E-state index in [1.54, 1.807) is 6.92 Å². The molecule has 6 nitrogen and oxygen atoms in total. The Morgan fingerprint density at radius 2 is 1.68 bits per heavy atom. The molecule has 0 fully saturated rings. The lowest BCUT2D eigenvalue weighted by atomic mass is 10.1. The number of aryl methyl sites for hydroxylation is 2. The van der Waals surface area contributed by atoms with Crippen molar-refractivity contribution in [2.75, 3.05) is 5.32 Å². The maximum atomic E-state index is 12.3. The molecule has 0 saturated heterocycles. The lowest BCUT2D eigenvalue weighted by Crippen LogP contribution is -2.30. The van der Waals surface area contributed by atoms with E-state index in [-0.39, 0.29) is 10.8 Å². The Bertz CT molecular complexity index is 872. The second kappa shape index (κ2) is 7.55. The van der Waals surface area contributed by atoms with Crippen LogP contribution in [0.3, 0.4) is 0 Å². The summed E-state index contributed by atoms with van der Waals surface area (Å²) in [7, 11) is -3.76. The number of carbonyl (C=O) groups excluding carboxylic acids is 1. The summed E-state index contributed by atoms with van der Waals surface area (Å²) in [6.07, 6.45) is -0.725. The van der Waals surface area contributed by atoms with Crippen LogP contribution in [0, 0.1) is 13.8 Å².